The maximum absolute atomic E-state index is 13.8. The normalized spacial score (nSPS) is 10.9. The Balaban J connectivity index is 1.86. The van der Waals surface area contributed by atoms with Crippen LogP contribution in [0.5, 0.6) is 11.5 Å². The number of carbonyl (C=O) groups excluding carboxylic acids is 1. The number of amides is 1. The first-order chi connectivity index (χ1) is 15.9. The van der Waals surface area contributed by atoms with Crippen LogP contribution in [0, 0.1) is 23.0 Å². The van der Waals surface area contributed by atoms with Gasteiger partial charge in [0, 0.05) is 4.47 Å². The molecule has 0 aromatic heterocycles. The third kappa shape index (κ3) is 6.40. The molecule has 3 aromatic carbocycles. The topological polar surface area (TPSA) is 71.3 Å². The van der Waals surface area contributed by atoms with Crippen molar-refractivity contribution >= 4 is 33.6 Å². The summed E-state index contributed by atoms with van der Waals surface area (Å²) in [4.78, 5) is 12.5. The molecule has 0 radical (unpaired) electrons. The molecule has 0 aliphatic heterocycles. The van der Waals surface area contributed by atoms with Crippen molar-refractivity contribution < 1.29 is 23.0 Å². The smallest absolute Gasteiger partial charge is 0.266 e. The van der Waals surface area contributed by atoms with Gasteiger partial charge in [-0.25, -0.2) is 8.78 Å². The predicted octanol–water partition coefficient (Wildman–Crippen LogP) is 6.25. The molecular formula is C25H19BrF2N2O3. The van der Waals surface area contributed by atoms with E-state index >= 15 is 0 Å². The van der Waals surface area contributed by atoms with Crippen molar-refractivity contribution in [3.63, 3.8) is 0 Å². The molecule has 33 heavy (non-hydrogen) atoms. The van der Waals surface area contributed by atoms with E-state index in [0.29, 0.717) is 33.7 Å². The Labute approximate surface area is 198 Å². The summed E-state index contributed by atoms with van der Waals surface area (Å²) in [6, 6.07) is 16.8. The standard InChI is InChI=1S/C25H19BrF2N2O3/c1-2-32-23-12-17(11-18(14-29)25(31)30-22-9-4-3-8-21(22)28)20(26)13-24(23)33-15-16-6-5-7-19(27)10-16/h3-13H,2,15H2,1H3,(H,30,31)/b18-11-. The molecule has 1 N–H and O–H groups in total. The second-order valence-corrected chi connectivity index (χ2v) is 7.63. The molecule has 0 heterocycles. The van der Waals surface area contributed by atoms with Crippen LogP contribution in [-0.4, -0.2) is 12.5 Å². The Bertz CT molecular complexity index is 1240. The molecule has 0 unspecified atom stereocenters. The summed E-state index contributed by atoms with van der Waals surface area (Å²) < 4.78 is 39.2. The van der Waals surface area contributed by atoms with Crippen molar-refractivity contribution in [2.75, 3.05) is 11.9 Å². The Hall–Kier alpha value is -3.70. The molecule has 3 rings (SSSR count). The summed E-state index contributed by atoms with van der Waals surface area (Å²) in [6.45, 7) is 2.27. The van der Waals surface area contributed by atoms with Crippen LogP contribution in [-0.2, 0) is 11.4 Å². The minimum atomic E-state index is -0.751. The lowest BCUT2D eigenvalue weighted by Crippen LogP contribution is -2.14. The molecule has 0 aliphatic rings. The van der Waals surface area contributed by atoms with E-state index in [0.717, 1.165) is 0 Å². The highest BCUT2D eigenvalue weighted by Crippen LogP contribution is 2.35. The van der Waals surface area contributed by atoms with Gasteiger partial charge in [-0.05, 0) is 60.5 Å². The highest BCUT2D eigenvalue weighted by molar-refractivity contribution is 9.10. The van der Waals surface area contributed by atoms with Crippen LogP contribution >= 0.6 is 15.9 Å². The minimum Gasteiger partial charge on any atom is -0.490 e. The molecule has 0 saturated heterocycles. The highest BCUT2D eigenvalue weighted by atomic mass is 79.9. The Kier molecular flexibility index (Phi) is 8.17. The number of ether oxygens (including phenoxy) is 2. The Morgan fingerprint density at radius 1 is 1.09 bits per heavy atom. The number of nitriles is 1. The molecular weight excluding hydrogens is 494 g/mol. The number of benzene rings is 3. The summed E-state index contributed by atoms with van der Waals surface area (Å²) in [5.41, 5.74) is 0.875. The molecule has 0 atom stereocenters. The lowest BCUT2D eigenvalue weighted by atomic mass is 10.1. The lowest BCUT2D eigenvalue weighted by molar-refractivity contribution is -0.112. The van der Waals surface area contributed by atoms with E-state index in [1.165, 1.54) is 36.4 Å². The number of anilines is 1. The lowest BCUT2D eigenvalue weighted by Gasteiger charge is -2.14. The van der Waals surface area contributed by atoms with Gasteiger partial charge < -0.3 is 14.8 Å². The van der Waals surface area contributed by atoms with Crippen molar-refractivity contribution in [1.82, 2.24) is 0 Å². The van der Waals surface area contributed by atoms with Gasteiger partial charge in [-0.2, -0.15) is 5.26 Å². The van der Waals surface area contributed by atoms with Gasteiger partial charge in [0.25, 0.3) is 5.91 Å². The average Bonchev–Trinajstić information content (AvgIpc) is 2.79. The van der Waals surface area contributed by atoms with Crippen LogP contribution in [0.2, 0.25) is 0 Å². The zero-order chi connectivity index (χ0) is 23.8. The maximum Gasteiger partial charge on any atom is 0.266 e. The average molecular weight is 513 g/mol. The molecule has 0 aliphatic carbocycles. The summed E-state index contributed by atoms with van der Waals surface area (Å²) in [5, 5.41) is 11.9. The second kappa shape index (κ2) is 11.2. The van der Waals surface area contributed by atoms with Crippen LogP contribution in [0.3, 0.4) is 0 Å². The molecule has 3 aromatic rings. The van der Waals surface area contributed by atoms with E-state index < -0.39 is 11.7 Å². The van der Waals surface area contributed by atoms with Crippen LogP contribution in [0.4, 0.5) is 14.5 Å². The zero-order valence-electron chi connectivity index (χ0n) is 17.6. The fourth-order valence-electron chi connectivity index (χ4n) is 2.89. The first-order valence-corrected chi connectivity index (χ1v) is 10.7. The molecule has 0 spiro atoms. The van der Waals surface area contributed by atoms with Crippen LogP contribution in [0.1, 0.15) is 18.1 Å². The van der Waals surface area contributed by atoms with E-state index in [1.54, 1.807) is 37.3 Å². The monoisotopic (exact) mass is 512 g/mol. The summed E-state index contributed by atoms with van der Waals surface area (Å²) in [7, 11) is 0. The first kappa shape index (κ1) is 24.0. The van der Waals surface area contributed by atoms with Crippen molar-refractivity contribution in [3.8, 4) is 17.6 Å². The fourth-order valence-corrected chi connectivity index (χ4v) is 3.32. The van der Waals surface area contributed by atoms with E-state index in [1.807, 2.05) is 6.07 Å². The molecule has 5 nitrogen and oxygen atoms in total. The van der Waals surface area contributed by atoms with Crippen molar-refractivity contribution in [2.24, 2.45) is 0 Å². The van der Waals surface area contributed by atoms with Gasteiger partial charge in [0.1, 0.15) is 29.9 Å². The van der Waals surface area contributed by atoms with Crippen LogP contribution in [0.25, 0.3) is 6.08 Å². The maximum atomic E-state index is 13.8. The molecule has 0 fully saturated rings. The van der Waals surface area contributed by atoms with Gasteiger partial charge in [0.2, 0.25) is 0 Å². The van der Waals surface area contributed by atoms with E-state index in [9.17, 15) is 18.8 Å². The molecule has 1 amide bonds. The van der Waals surface area contributed by atoms with Gasteiger partial charge in [0.05, 0.1) is 12.3 Å². The number of nitrogens with zero attached hydrogens (tertiary/aromatic N) is 1. The summed E-state index contributed by atoms with van der Waals surface area (Å²) in [6.07, 6.45) is 1.36. The van der Waals surface area contributed by atoms with E-state index in [4.69, 9.17) is 9.47 Å². The van der Waals surface area contributed by atoms with Gasteiger partial charge in [-0.15, -0.1) is 0 Å². The first-order valence-electron chi connectivity index (χ1n) is 9.92. The number of para-hydroxylation sites is 1. The number of carbonyl (C=O) groups is 1. The number of hydrogen-bond acceptors (Lipinski definition) is 4. The van der Waals surface area contributed by atoms with Gasteiger partial charge in [0.15, 0.2) is 11.5 Å². The number of halogens is 3. The SMILES string of the molecule is CCOc1cc(/C=C(/C#N)C(=O)Nc2ccccc2F)c(Br)cc1OCc1cccc(F)c1. The predicted molar refractivity (Wildman–Crippen MR) is 125 cm³/mol. The van der Waals surface area contributed by atoms with Gasteiger partial charge in [-0.3, -0.25) is 4.79 Å². The molecule has 0 bridgehead atoms. The van der Waals surface area contributed by atoms with E-state index in [-0.39, 0.29) is 23.7 Å². The van der Waals surface area contributed by atoms with Gasteiger partial charge >= 0.3 is 0 Å². The van der Waals surface area contributed by atoms with Crippen molar-refractivity contribution in [1.29, 1.82) is 5.26 Å². The third-order valence-corrected chi connectivity index (χ3v) is 5.12. The summed E-state index contributed by atoms with van der Waals surface area (Å²) >= 11 is 3.41. The Morgan fingerprint density at radius 3 is 2.55 bits per heavy atom. The van der Waals surface area contributed by atoms with Crippen LogP contribution < -0.4 is 14.8 Å². The largest absolute Gasteiger partial charge is 0.490 e. The Morgan fingerprint density at radius 2 is 1.85 bits per heavy atom. The molecule has 0 saturated carbocycles. The van der Waals surface area contributed by atoms with Crippen molar-refractivity contribution in [3.05, 3.63) is 93.5 Å². The van der Waals surface area contributed by atoms with E-state index in [2.05, 4.69) is 21.2 Å². The minimum absolute atomic E-state index is 0.0289. The second-order valence-electron chi connectivity index (χ2n) is 6.78. The number of rotatable bonds is 8. The number of nitrogens with one attached hydrogen (secondary N) is 1. The quantitative estimate of drug-likeness (QED) is 0.286. The van der Waals surface area contributed by atoms with Gasteiger partial charge in [-0.1, -0.05) is 40.2 Å². The highest BCUT2D eigenvalue weighted by Gasteiger charge is 2.15. The van der Waals surface area contributed by atoms with Crippen LogP contribution in [0.15, 0.2) is 70.7 Å². The summed E-state index contributed by atoms with van der Waals surface area (Å²) in [5.74, 6) is -0.934. The third-order valence-electron chi connectivity index (χ3n) is 4.43. The van der Waals surface area contributed by atoms with Crippen molar-refractivity contribution in [2.45, 2.75) is 13.5 Å². The number of hydrogen-bond donors (Lipinski definition) is 1. The fraction of sp³-hybridized carbons (Fsp3) is 0.120. The molecule has 168 valence electrons. The zero-order valence-corrected chi connectivity index (χ0v) is 19.2. The molecule has 8 heteroatoms.